The standard InChI is InChI=1S/C23H31N3O3S/c1-18(19-7-13-22(14-8-19)30(2,28)29)24-17-23(27)25-20-9-11-21(12-10-20)26-15-5-3-4-6-16-26/h7-14,18,24H,3-6,15-17H2,1-2H3,(H,25,27)/t18-/m1/s1. The molecule has 162 valence electrons. The molecule has 0 aliphatic carbocycles. The first-order chi connectivity index (χ1) is 14.3. The topological polar surface area (TPSA) is 78.5 Å². The SMILES string of the molecule is C[C@@H](NCC(=O)Nc1ccc(N2CCCCCC2)cc1)c1ccc(S(C)(=O)=O)cc1. The van der Waals surface area contributed by atoms with Gasteiger partial charge in [-0.1, -0.05) is 25.0 Å². The molecule has 2 aromatic carbocycles. The molecular formula is C23H31N3O3S. The maximum Gasteiger partial charge on any atom is 0.238 e. The minimum absolute atomic E-state index is 0.0743. The number of nitrogens with zero attached hydrogens (tertiary/aromatic N) is 1. The van der Waals surface area contributed by atoms with Crippen LogP contribution in [-0.2, 0) is 14.6 Å². The van der Waals surface area contributed by atoms with Gasteiger partial charge in [0.1, 0.15) is 0 Å². The number of amides is 1. The zero-order chi connectivity index (χ0) is 21.6. The molecule has 30 heavy (non-hydrogen) atoms. The van der Waals surface area contributed by atoms with Gasteiger partial charge in [-0.2, -0.15) is 0 Å². The molecule has 1 aliphatic rings. The molecule has 0 aromatic heterocycles. The number of rotatable bonds is 7. The minimum Gasteiger partial charge on any atom is -0.372 e. The van der Waals surface area contributed by atoms with E-state index >= 15 is 0 Å². The smallest absolute Gasteiger partial charge is 0.238 e. The lowest BCUT2D eigenvalue weighted by atomic mass is 10.1. The largest absolute Gasteiger partial charge is 0.372 e. The fourth-order valence-electron chi connectivity index (χ4n) is 3.66. The predicted molar refractivity (Wildman–Crippen MR) is 122 cm³/mol. The van der Waals surface area contributed by atoms with Crippen LogP contribution < -0.4 is 15.5 Å². The van der Waals surface area contributed by atoms with Gasteiger partial charge in [-0.3, -0.25) is 4.79 Å². The van der Waals surface area contributed by atoms with E-state index in [0.717, 1.165) is 24.3 Å². The molecule has 1 atom stereocenters. The summed E-state index contributed by atoms with van der Waals surface area (Å²) >= 11 is 0. The van der Waals surface area contributed by atoms with Gasteiger partial charge in [0.15, 0.2) is 9.84 Å². The van der Waals surface area contributed by atoms with Crippen LogP contribution >= 0.6 is 0 Å². The maximum atomic E-state index is 12.3. The molecule has 7 heteroatoms. The Morgan fingerprint density at radius 1 is 0.967 bits per heavy atom. The van der Waals surface area contributed by atoms with E-state index in [1.54, 1.807) is 24.3 Å². The Bertz CT molecular complexity index is 933. The van der Waals surface area contributed by atoms with Crippen molar-refractivity contribution >= 4 is 27.1 Å². The number of benzene rings is 2. The summed E-state index contributed by atoms with van der Waals surface area (Å²) in [5.74, 6) is -0.114. The van der Waals surface area contributed by atoms with E-state index in [-0.39, 0.29) is 18.5 Å². The van der Waals surface area contributed by atoms with E-state index in [0.29, 0.717) is 4.90 Å². The summed E-state index contributed by atoms with van der Waals surface area (Å²) in [6.45, 7) is 4.30. The van der Waals surface area contributed by atoms with Crippen molar-refractivity contribution in [2.45, 2.75) is 43.5 Å². The number of carbonyl (C=O) groups excluding carboxylic acids is 1. The summed E-state index contributed by atoms with van der Waals surface area (Å²) in [6, 6.07) is 14.7. The lowest BCUT2D eigenvalue weighted by Crippen LogP contribution is -2.30. The molecule has 0 unspecified atom stereocenters. The first kappa shape index (κ1) is 22.3. The second kappa shape index (κ2) is 10.1. The van der Waals surface area contributed by atoms with Crippen LogP contribution in [0.25, 0.3) is 0 Å². The molecule has 1 amide bonds. The fourth-order valence-corrected chi connectivity index (χ4v) is 4.29. The van der Waals surface area contributed by atoms with Crippen molar-refractivity contribution in [1.82, 2.24) is 5.32 Å². The number of hydrogen-bond acceptors (Lipinski definition) is 5. The maximum absolute atomic E-state index is 12.3. The van der Waals surface area contributed by atoms with Gasteiger partial charge in [0.25, 0.3) is 0 Å². The van der Waals surface area contributed by atoms with Gasteiger partial charge >= 0.3 is 0 Å². The van der Waals surface area contributed by atoms with Crippen LogP contribution in [0, 0.1) is 0 Å². The van der Waals surface area contributed by atoms with E-state index in [1.165, 1.54) is 37.6 Å². The summed E-state index contributed by atoms with van der Waals surface area (Å²) in [7, 11) is -3.21. The molecule has 1 aliphatic heterocycles. The first-order valence-corrected chi connectivity index (χ1v) is 12.4. The molecule has 0 bridgehead atoms. The molecule has 1 fully saturated rings. The molecule has 0 spiro atoms. The zero-order valence-electron chi connectivity index (χ0n) is 17.7. The summed E-state index contributed by atoms with van der Waals surface area (Å²) in [5.41, 5.74) is 2.92. The molecular weight excluding hydrogens is 398 g/mol. The highest BCUT2D eigenvalue weighted by Gasteiger charge is 2.12. The van der Waals surface area contributed by atoms with Crippen molar-refractivity contribution in [1.29, 1.82) is 0 Å². The third-order valence-electron chi connectivity index (χ3n) is 5.50. The van der Waals surface area contributed by atoms with Gasteiger partial charge in [0.05, 0.1) is 11.4 Å². The lowest BCUT2D eigenvalue weighted by molar-refractivity contribution is -0.115. The molecule has 2 N–H and O–H groups in total. The Morgan fingerprint density at radius 2 is 1.57 bits per heavy atom. The highest BCUT2D eigenvalue weighted by molar-refractivity contribution is 7.90. The number of sulfone groups is 1. The van der Waals surface area contributed by atoms with Gasteiger partial charge < -0.3 is 15.5 Å². The minimum atomic E-state index is -3.21. The second-order valence-corrected chi connectivity index (χ2v) is 9.96. The normalized spacial score (nSPS) is 16.0. The zero-order valence-corrected chi connectivity index (χ0v) is 18.5. The van der Waals surface area contributed by atoms with Crippen LogP contribution in [0.15, 0.2) is 53.4 Å². The third-order valence-corrected chi connectivity index (χ3v) is 6.63. The Balaban J connectivity index is 1.49. The first-order valence-electron chi connectivity index (χ1n) is 10.5. The number of nitrogens with one attached hydrogen (secondary N) is 2. The van der Waals surface area contributed by atoms with Gasteiger partial charge in [-0.05, 0) is 61.7 Å². The Labute approximate surface area is 179 Å². The molecule has 0 radical (unpaired) electrons. The van der Waals surface area contributed by atoms with Crippen LogP contribution in [0.5, 0.6) is 0 Å². The summed E-state index contributed by atoms with van der Waals surface area (Å²) < 4.78 is 23.1. The van der Waals surface area contributed by atoms with Crippen molar-refractivity contribution in [3.05, 3.63) is 54.1 Å². The van der Waals surface area contributed by atoms with Crippen molar-refractivity contribution < 1.29 is 13.2 Å². The quantitative estimate of drug-likeness (QED) is 0.701. The number of carbonyl (C=O) groups is 1. The van der Waals surface area contributed by atoms with E-state index in [4.69, 9.17) is 0 Å². The molecule has 3 rings (SSSR count). The van der Waals surface area contributed by atoms with Crippen LogP contribution in [0.3, 0.4) is 0 Å². The highest BCUT2D eigenvalue weighted by atomic mass is 32.2. The number of hydrogen-bond donors (Lipinski definition) is 2. The summed E-state index contributed by atoms with van der Waals surface area (Å²) in [6.07, 6.45) is 6.27. The van der Waals surface area contributed by atoms with E-state index in [2.05, 4.69) is 27.7 Å². The number of anilines is 2. The summed E-state index contributed by atoms with van der Waals surface area (Å²) in [5, 5.41) is 6.10. The highest BCUT2D eigenvalue weighted by Crippen LogP contribution is 2.21. The summed E-state index contributed by atoms with van der Waals surface area (Å²) in [4.78, 5) is 15.0. The van der Waals surface area contributed by atoms with E-state index in [9.17, 15) is 13.2 Å². The van der Waals surface area contributed by atoms with Gasteiger partial charge in [0, 0.05) is 36.8 Å². The fraction of sp³-hybridized carbons (Fsp3) is 0.435. The van der Waals surface area contributed by atoms with Crippen LogP contribution in [0.1, 0.15) is 44.2 Å². The predicted octanol–water partition coefficient (Wildman–Crippen LogP) is 3.76. The van der Waals surface area contributed by atoms with Crippen molar-refractivity contribution in [2.24, 2.45) is 0 Å². The van der Waals surface area contributed by atoms with E-state index in [1.807, 2.05) is 19.1 Å². The molecule has 1 saturated heterocycles. The Hall–Kier alpha value is -2.38. The Kier molecular flexibility index (Phi) is 7.50. The van der Waals surface area contributed by atoms with Crippen LogP contribution in [-0.4, -0.2) is 40.2 Å². The van der Waals surface area contributed by atoms with E-state index < -0.39 is 9.84 Å². The van der Waals surface area contributed by atoms with Crippen molar-refractivity contribution in [3.8, 4) is 0 Å². The van der Waals surface area contributed by atoms with Gasteiger partial charge in [0.2, 0.25) is 5.91 Å². The van der Waals surface area contributed by atoms with Crippen molar-refractivity contribution in [2.75, 3.05) is 36.1 Å². The molecule has 0 saturated carbocycles. The lowest BCUT2D eigenvalue weighted by Gasteiger charge is -2.22. The van der Waals surface area contributed by atoms with Gasteiger partial charge in [-0.15, -0.1) is 0 Å². The second-order valence-electron chi connectivity index (χ2n) is 7.94. The monoisotopic (exact) mass is 429 g/mol. The van der Waals surface area contributed by atoms with Crippen molar-refractivity contribution in [3.63, 3.8) is 0 Å². The average molecular weight is 430 g/mol. The van der Waals surface area contributed by atoms with Crippen LogP contribution in [0.4, 0.5) is 11.4 Å². The Morgan fingerprint density at radius 3 is 2.13 bits per heavy atom. The molecule has 6 nitrogen and oxygen atoms in total. The molecule has 2 aromatic rings. The average Bonchev–Trinajstić information content (AvgIpc) is 3.02. The van der Waals surface area contributed by atoms with Crippen LogP contribution in [0.2, 0.25) is 0 Å². The van der Waals surface area contributed by atoms with Gasteiger partial charge in [-0.25, -0.2) is 8.42 Å². The third kappa shape index (κ3) is 6.31. The molecule has 1 heterocycles.